The van der Waals surface area contributed by atoms with Gasteiger partial charge in [0.15, 0.2) is 0 Å². The van der Waals surface area contributed by atoms with Crippen molar-refractivity contribution in [3.05, 3.63) is 29.3 Å². The molecule has 0 radical (unpaired) electrons. The molecule has 18 heavy (non-hydrogen) atoms. The van der Waals surface area contributed by atoms with E-state index in [2.05, 4.69) is 18.0 Å². The molecule has 1 heterocycles. The van der Waals surface area contributed by atoms with Crippen LogP contribution < -0.4 is 4.90 Å². The summed E-state index contributed by atoms with van der Waals surface area (Å²) in [6, 6.07) is 8.17. The van der Waals surface area contributed by atoms with E-state index in [0.29, 0.717) is 11.6 Å². The number of benzene rings is 1. The maximum absolute atomic E-state index is 9.85. The zero-order valence-electron chi connectivity index (χ0n) is 10.8. The molecule has 0 bridgehead atoms. The average molecular weight is 262 g/mol. The van der Waals surface area contributed by atoms with Crippen LogP contribution in [0.1, 0.15) is 30.6 Å². The number of aliphatic hydroxyl groups is 1. The van der Waals surface area contributed by atoms with Crippen LogP contribution in [0, 0.1) is 11.3 Å². The fourth-order valence-electron chi connectivity index (χ4n) is 2.30. The minimum Gasteiger partial charge on any atom is -0.389 e. The lowest BCUT2D eigenvalue weighted by atomic mass is 10.0. The van der Waals surface area contributed by atoms with Crippen molar-refractivity contribution in [2.75, 3.05) is 23.5 Å². The molecule has 1 N–H and O–H groups in total. The molecule has 1 aliphatic rings. The Kier molecular flexibility index (Phi) is 4.15. The molecule has 3 nitrogen and oxygen atoms in total. The second-order valence-corrected chi connectivity index (χ2v) is 5.84. The summed E-state index contributed by atoms with van der Waals surface area (Å²) in [4.78, 5) is 2.21. The Balaban J connectivity index is 2.36. The molecule has 1 aromatic rings. The van der Waals surface area contributed by atoms with Gasteiger partial charge in [0.25, 0.3) is 0 Å². The van der Waals surface area contributed by atoms with Crippen molar-refractivity contribution in [1.29, 1.82) is 5.26 Å². The van der Waals surface area contributed by atoms with Gasteiger partial charge in [0, 0.05) is 30.1 Å². The van der Waals surface area contributed by atoms with E-state index in [9.17, 15) is 5.11 Å². The molecule has 1 aliphatic heterocycles. The Morgan fingerprint density at radius 3 is 2.89 bits per heavy atom. The fraction of sp³-hybridized carbons (Fsp3) is 0.500. The summed E-state index contributed by atoms with van der Waals surface area (Å²) in [7, 11) is 2.05. The van der Waals surface area contributed by atoms with Gasteiger partial charge in [-0.25, -0.2) is 0 Å². The first-order chi connectivity index (χ1) is 8.63. The van der Waals surface area contributed by atoms with Gasteiger partial charge in [-0.05, 0) is 31.2 Å². The van der Waals surface area contributed by atoms with Crippen molar-refractivity contribution in [2.45, 2.75) is 25.5 Å². The molecule has 0 saturated carbocycles. The Hall–Kier alpha value is -1.18. The molecule has 0 aromatic heterocycles. The highest BCUT2D eigenvalue weighted by Crippen LogP contribution is 2.31. The van der Waals surface area contributed by atoms with Crippen LogP contribution in [0.4, 0.5) is 5.69 Å². The van der Waals surface area contributed by atoms with Crippen molar-refractivity contribution >= 4 is 17.4 Å². The van der Waals surface area contributed by atoms with Gasteiger partial charge in [0.2, 0.25) is 0 Å². The molecular weight excluding hydrogens is 244 g/mol. The smallest absolute Gasteiger partial charge is 0.0992 e. The predicted molar refractivity (Wildman–Crippen MR) is 75.9 cm³/mol. The van der Waals surface area contributed by atoms with Crippen LogP contribution in [-0.2, 0) is 0 Å². The first-order valence-electron chi connectivity index (χ1n) is 6.16. The third kappa shape index (κ3) is 2.63. The standard InChI is InChI=1S/C14H18N2OS/c1-10(17)13-4-3-11(8-15)7-14(13)16(2)12-5-6-18-9-12/h3-4,7,10,12,17H,5-6,9H2,1-2H3/t10-,12?/m1/s1. The summed E-state index contributed by atoms with van der Waals surface area (Å²) in [6.07, 6.45) is 0.654. The Morgan fingerprint density at radius 1 is 1.56 bits per heavy atom. The summed E-state index contributed by atoms with van der Waals surface area (Å²) in [6.45, 7) is 1.77. The van der Waals surface area contributed by atoms with E-state index in [4.69, 9.17) is 5.26 Å². The van der Waals surface area contributed by atoms with E-state index in [1.165, 1.54) is 5.75 Å². The van der Waals surface area contributed by atoms with Crippen LogP contribution in [-0.4, -0.2) is 29.7 Å². The van der Waals surface area contributed by atoms with Gasteiger partial charge in [-0.1, -0.05) is 6.07 Å². The topological polar surface area (TPSA) is 47.3 Å². The number of anilines is 1. The maximum Gasteiger partial charge on any atom is 0.0992 e. The monoisotopic (exact) mass is 262 g/mol. The van der Waals surface area contributed by atoms with E-state index in [1.807, 2.05) is 23.9 Å². The lowest BCUT2D eigenvalue weighted by Gasteiger charge is -2.29. The van der Waals surface area contributed by atoms with E-state index >= 15 is 0 Å². The molecule has 1 aromatic carbocycles. The minimum absolute atomic E-state index is 0.501. The minimum atomic E-state index is -0.510. The van der Waals surface area contributed by atoms with Crippen molar-refractivity contribution in [1.82, 2.24) is 0 Å². The summed E-state index contributed by atoms with van der Waals surface area (Å²) < 4.78 is 0. The van der Waals surface area contributed by atoms with Crippen molar-refractivity contribution in [3.8, 4) is 6.07 Å². The largest absolute Gasteiger partial charge is 0.389 e. The van der Waals surface area contributed by atoms with E-state index < -0.39 is 6.10 Å². The van der Waals surface area contributed by atoms with Crippen LogP contribution in [0.25, 0.3) is 0 Å². The molecule has 0 spiro atoms. The van der Waals surface area contributed by atoms with Crippen molar-refractivity contribution < 1.29 is 5.11 Å². The molecule has 1 fully saturated rings. The summed E-state index contributed by atoms with van der Waals surface area (Å²) in [5.74, 6) is 2.31. The number of rotatable bonds is 3. The number of aliphatic hydroxyl groups excluding tert-OH is 1. The number of nitriles is 1. The van der Waals surface area contributed by atoms with Crippen LogP contribution in [0.3, 0.4) is 0 Å². The van der Waals surface area contributed by atoms with E-state index in [-0.39, 0.29) is 0 Å². The lowest BCUT2D eigenvalue weighted by molar-refractivity contribution is 0.199. The molecule has 2 rings (SSSR count). The SMILES string of the molecule is C[C@@H](O)c1ccc(C#N)cc1N(C)C1CCSC1. The molecule has 1 saturated heterocycles. The van der Waals surface area contributed by atoms with Crippen molar-refractivity contribution in [2.24, 2.45) is 0 Å². The molecule has 2 atom stereocenters. The predicted octanol–water partition coefficient (Wildman–Crippen LogP) is 2.55. The molecule has 0 amide bonds. The maximum atomic E-state index is 9.85. The highest BCUT2D eigenvalue weighted by molar-refractivity contribution is 7.99. The van der Waals surface area contributed by atoms with Gasteiger partial charge in [-0.3, -0.25) is 0 Å². The number of thioether (sulfide) groups is 1. The van der Waals surface area contributed by atoms with Crippen LogP contribution >= 0.6 is 11.8 Å². The van der Waals surface area contributed by atoms with E-state index in [0.717, 1.165) is 23.4 Å². The summed E-state index contributed by atoms with van der Waals surface area (Å²) in [5, 5.41) is 18.8. The second kappa shape index (κ2) is 5.64. The highest BCUT2D eigenvalue weighted by Gasteiger charge is 2.23. The van der Waals surface area contributed by atoms with Crippen LogP contribution in [0.5, 0.6) is 0 Å². The summed E-state index contributed by atoms with van der Waals surface area (Å²) >= 11 is 1.96. The molecular formula is C14H18N2OS. The second-order valence-electron chi connectivity index (χ2n) is 4.69. The molecule has 96 valence electrons. The molecule has 0 aliphatic carbocycles. The van der Waals surface area contributed by atoms with Gasteiger partial charge in [0.1, 0.15) is 0 Å². The molecule has 4 heteroatoms. The summed E-state index contributed by atoms with van der Waals surface area (Å²) in [5.41, 5.74) is 2.52. The van der Waals surface area contributed by atoms with Crippen molar-refractivity contribution in [3.63, 3.8) is 0 Å². The van der Waals surface area contributed by atoms with Gasteiger partial charge >= 0.3 is 0 Å². The van der Waals surface area contributed by atoms with Crippen LogP contribution in [0.15, 0.2) is 18.2 Å². The lowest BCUT2D eigenvalue weighted by Crippen LogP contribution is -2.32. The average Bonchev–Trinajstić information content (AvgIpc) is 2.90. The Bertz CT molecular complexity index is 461. The number of nitrogens with zero attached hydrogens (tertiary/aromatic N) is 2. The van der Waals surface area contributed by atoms with Crippen LogP contribution in [0.2, 0.25) is 0 Å². The normalized spacial score (nSPS) is 20.4. The van der Waals surface area contributed by atoms with Gasteiger partial charge in [-0.15, -0.1) is 0 Å². The highest BCUT2D eigenvalue weighted by atomic mass is 32.2. The van der Waals surface area contributed by atoms with E-state index in [1.54, 1.807) is 13.0 Å². The fourth-order valence-corrected chi connectivity index (χ4v) is 3.56. The zero-order valence-corrected chi connectivity index (χ0v) is 11.6. The van der Waals surface area contributed by atoms with Gasteiger partial charge in [0.05, 0.1) is 17.7 Å². The van der Waals surface area contributed by atoms with Gasteiger partial charge in [-0.2, -0.15) is 17.0 Å². The Morgan fingerprint density at radius 2 is 2.33 bits per heavy atom. The quantitative estimate of drug-likeness (QED) is 0.909. The number of hydrogen-bond donors (Lipinski definition) is 1. The Labute approximate surface area is 112 Å². The third-order valence-electron chi connectivity index (χ3n) is 3.44. The third-order valence-corrected chi connectivity index (χ3v) is 4.59. The first-order valence-corrected chi connectivity index (χ1v) is 7.31. The number of hydrogen-bond acceptors (Lipinski definition) is 4. The zero-order chi connectivity index (χ0) is 13.1. The molecule has 1 unspecified atom stereocenters. The first kappa shape index (κ1) is 13.3. The van der Waals surface area contributed by atoms with Gasteiger partial charge < -0.3 is 10.0 Å².